The van der Waals surface area contributed by atoms with Crippen LogP contribution in [0.5, 0.6) is 5.75 Å². The summed E-state index contributed by atoms with van der Waals surface area (Å²) in [5, 5.41) is 12.7. The summed E-state index contributed by atoms with van der Waals surface area (Å²) in [6.45, 7) is 4.77. The van der Waals surface area contributed by atoms with Crippen LogP contribution in [-0.2, 0) is 16.6 Å². The third-order valence-corrected chi connectivity index (χ3v) is 3.66. The molecule has 1 heterocycles. The molecule has 1 aromatic heterocycles. The second-order valence-electron chi connectivity index (χ2n) is 4.43. The average Bonchev–Trinajstić information content (AvgIpc) is 2.84. The van der Waals surface area contributed by atoms with Crippen molar-refractivity contribution in [2.75, 3.05) is 6.61 Å². The quantitative estimate of drug-likeness (QED) is 0.869. The van der Waals surface area contributed by atoms with E-state index in [9.17, 15) is 8.42 Å². The lowest BCUT2D eigenvalue weighted by molar-refractivity contribution is 0.341. The Morgan fingerprint density at radius 2 is 1.95 bits per heavy atom. The van der Waals surface area contributed by atoms with Gasteiger partial charge in [0.05, 0.1) is 12.2 Å². The maximum Gasteiger partial charge on any atom is 0.273 e. The Morgan fingerprint density at radius 3 is 2.57 bits per heavy atom. The van der Waals surface area contributed by atoms with Crippen LogP contribution in [0.15, 0.2) is 29.4 Å². The molecule has 7 nitrogen and oxygen atoms in total. The van der Waals surface area contributed by atoms with Crippen LogP contribution in [0.2, 0.25) is 0 Å². The van der Waals surface area contributed by atoms with Crippen molar-refractivity contribution in [3.63, 3.8) is 0 Å². The van der Waals surface area contributed by atoms with Gasteiger partial charge in [-0.05, 0) is 25.5 Å². The van der Waals surface area contributed by atoms with Crippen LogP contribution in [0.1, 0.15) is 20.3 Å². The molecule has 0 aliphatic carbocycles. The largest absolute Gasteiger partial charge is 0.493 e. The zero-order chi connectivity index (χ0) is 15.5. The van der Waals surface area contributed by atoms with E-state index in [1.165, 1.54) is 4.57 Å². The van der Waals surface area contributed by atoms with E-state index in [1.807, 2.05) is 32.0 Å². The normalized spacial score (nSPS) is 11.6. The van der Waals surface area contributed by atoms with Gasteiger partial charge in [-0.3, -0.25) is 4.57 Å². The predicted octanol–water partition coefficient (Wildman–Crippen LogP) is 1.40. The molecule has 0 fully saturated rings. The summed E-state index contributed by atoms with van der Waals surface area (Å²) < 4.78 is 30.3. The van der Waals surface area contributed by atoms with Crippen LogP contribution in [0.25, 0.3) is 11.4 Å². The van der Waals surface area contributed by atoms with Crippen LogP contribution >= 0.6 is 0 Å². The topological polar surface area (TPSA) is 100 Å². The number of nitrogens with two attached hydrogens (primary N) is 1. The lowest BCUT2D eigenvalue weighted by Crippen LogP contribution is -2.19. The first-order valence-electron chi connectivity index (χ1n) is 6.67. The number of rotatable bonds is 6. The molecule has 0 saturated heterocycles. The van der Waals surface area contributed by atoms with Gasteiger partial charge in [0.1, 0.15) is 5.75 Å². The number of benzene rings is 1. The Labute approximate surface area is 123 Å². The summed E-state index contributed by atoms with van der Waals surface area (Å²) in [6, 6.07) is 7.30. The molecule has 0 unspecified atom stereocenters. The zero-order valence-electron chi connectivity index (χ0n) is 12.0. The highest BCUT2D eigenvalue weighted by atomic mass is 32.2. The standard InChI is InChI=1S/C13H18N4O3S/c1-3-9-17-12(15-16-13(17)21(14,18)19)10-7-5-6-8-11(10)20-4-2/h5-8H,3-4,9H2,1-2H3,(H2,14,18,19). The number of hydrogen-bond acceptors (Lipinski definition) is 5. The van der Waals surface area contributed by atoms with Crippen LogP contribution in [-0.4, -0.2) is 29.8 Å². The highest BCUT2D eigenvalue weighted by Gasteiger charge is 2.23. The van der Waals surface area contributed by atoms with Crippen molar-refractivity contribution in [3.05, 3.63) is 24.3 Å². The second-order valence-corrected chi connectivity index (χ2v) is 5.89. The number of para-hydroxylation sites is 1. The van der Waals surface area contributed by atoms with Crippen molar-refractivity contribution in [2.24, 2.45) is 5.14 Å². The molecule has 1 aromatic carbocycles. The molecule has 2 aromatic rings. The zero-order valence-corrected chi connectivity index (χ0v) is 12.8. The Balaban J connectivity index is 2.62. The highest BCUT2D eigenvalue weighted by Crippen LogP contribution is 2.29. The van der Waals surface area contributed by atoms with Crippen LogP contribution < -0.4 is 9.88 Å². The molecular weight excluding hydrogens is 292 g/mol. The van der Waals surface area contributed by atoms with Gasteiger partial charge in [0.15, 0.2) is 5.82 Å². The maximum atomic E-state index is 11.6. The van der Waals surface area contributed by atoms with E-state index < -0.39 is 10.0 Å². The van der Waals surface area contributed by atoms with Gasteiger partial charge in [-0.15, -0.1) is 10.2 Å². The number of hydrogen-bond donors (Lipinski definition) is 1. The fraction of sp³-hybridized carbons (Fsp3) is 0.385. The molecule has 0 saturated carbocycles. The Kier molecular flexibility index (Phi) is 4.59. The SMILES string of the molecule is CCCn1c(-c2ccccc2OCC)nnc1S(N)(=O)=O. The van der Waals surface area contributed by atoms with Crippen LogP contribution in [0.3, 0.4) is 0 Å². The van der Waals surface area contributed by atoms with Gasteiger partial charge in [0, 0.05) is 6.54 Å². The first kappa shape index (κ1) is 15.5. The molecular formula is C13H18N4O3S. The van der Waals surface area contributed by atoms with E-state index in [1.54, 1.807) is 6.07 Å². The minimum absolute atomic E-state index is 0.231. The summed E-state index contributed by atoms with van der Waals surface area (Å²) in [7, 11) is -3.92. The molecule has 0 spiro atoms. The van der Waals surface area contributed by atoms with E-state index in [2.05, 4.69) is 10.2 Å². The van der Waals surface area contributed by atoms with E-state index in [4.69, 9.17) is 9.88 Å². The van der Waals surface area contributed by atoms with Crippen molar-refractivity contribution < 1.29 is 13.2 Å². The first-order chi connectivity index (χ1) is 9.99. The molecule has 0 aliphatic rings. The monoisotopic (exact) mass is 310 g/mol. The van der Waals surface area contributed by atoms with Crippen molar-refractivity contribution in [1.82, 2.24) is 14.8 Å². The summed E-state index contributed by atoms with van der Waals surface area (Å²) >= 11 is 0. The van der Waals surface area contributed by atoms with Crippen molar-refractivity contribution in [3.8, 4) is 17.1 Å². The van der Waals surface area contributed by atoms with Crippen molar-refractivity contribution >= 4 is 10.0 Å². The van der Waals surface area contributed by atoms with Crippen molar-refractivity contribution in [1.29, 1.82) is 0 Å². The number of primary sulfonamides is 1. The maximum absolute atomic E-state index is 11.6. The summed E-state index contributed by atoms with van der Waals surface area (Å²) in [5.41, 5.74) is 0.690. The minimum Gasteiger partial charge on any atom is -0.493 e. The Hall–Kier alpha value is -1.93. The van der Waals surface area contributed by atoms with Crippen LogP contribution in [0, 0.1) is 0 Å². The number of sulfonamides is 1. The van der Waals surface area contributed by atoms with E-state index in [0.717, 1.165) is 6.42 Å². The predicted molar refractivity (Wildman–Crippen MR) is 78.3 cm³/mol. The van der Waals surface area contributed by atoms with Gasteiger partial charge in [0.25, 0.3) is 15.2 Å². The fourth-order valence-electron chi connectivity index (χ4n) is 2.06. The van der Waals surface area contributed by atoms with Gasteiger partial charge in [0.2, 0.25) is 0 Å². The smallest absolute Gasteiger partial charge is 0.273 e. The first-order valence-corrected chi connectivity index (χ1v) is 8.21. The van der Waals surface area contributed by atoms with Gasteiger partial charge in [-0.2, -0.15) is 0 Å². The summed E-state index contributed by atoms with van der Waals surface area (Å²) in [6.07, 6.45) is 0.727. The van der Waals surface area contributed by atoms with Gasteiger partial charge < -0.3 is 4.74 Å². The molecule has 0 aliphatic heterocycles. The lowest BCUT2D eigenvalue weighted by Gasteiger charge is -2.11. The fourth-order valence-corrected chi connectivity index (χ4v) is 2.70. The van der Waals surface area contributed by atoms with Gasteiger partial charge in [-0.25, -0.2) is 13.6 Å². The third-order valence-electron chi connectivity index (χ3n) is 2.85. The number of nitrogens with zero attached hydrogens (tertiary/aromatic N) is 3. The Morgan fingerprint density at radius 1 is 1.24 bits per heavy atom. The van der Waals surface area contributed by atoms with Crippen molar-refractivity contribution in [2.45, 2.75) is 32.0 Å². The molecule has 114 valence electrons. The number of ether oxygens (including phenoxy) is 1. The highest BCUT2D eigenvalue weighted by molar-refractivity contribution is 7.89. The molecule has 0 atom stereocenters. The molecule has 2 rings (SSSR count). The lowest BCUT2D eigenvalue weighted by atomic mass is 10.2. The van der Waals surface area contributed by atoms with E-state index >= 15 is 0 Å². The van der Waals surface area contributed by atoms with E-state index in [-0.39, 0.29) is 5.16 Å². The molecule has 8 heteroatoms. The molecule has 2 N–H and O–H groups in total. The molecule has 0 radical (unpaired) electrons. The Bertz CT molecular complexity index is 725. The third kappa shape index (κ3) is 3.22. The average molecular weight is 310 g/mol. The molecule has 21 heavy (non-hydrogen) atoms. The van der Waals surface area contributed by atoms with Crippen LogP contribution in [0.4, 0.5) is 0 Å². The number of aromatic nitrogens is 3. The molecule has 0 bridgehead atoms. The second kappa shape index (κ2) is 6.23. The summed E-state index contributed by atoms with van der Waals surface area (Å²) in [5.74, 6) is 1.07. The van der Waals surface area contributed by atoms with Gasteiger partial charge >= 0.3 is 0 Å². The summed E-state index contributed by atoms with van der Waals surface area (Å²) in [4.78, 5) is 0. The van der Waals surface area contributed by atoms with E-state index in [0.29, 0.717) is 30.3 Å². The minimum atomic E-state index is -3.92. The molecule has 0 amide bonds. The van der Waals surface area contributed by atoms with Gasteiger partial charge in [-0.1, -0.05) is 19.1 Å².